The number of hydrogen-bond donors (Lipinski definition) is 1. The molecular formula is C18H29NO3. The monoisotopic (exact) mass is 307 g/mol. The van der Waals surface area contributed by atoms with Crippen LogP contribution in [0.4, 0.5) is 0 Å². The third-order valence-electron chi connectivity index (χ3n) is 2.89. The van der Waals surface area contributed by atoms with Gasteiger partial charge in [0, 0.05) is 18.2 Å². The molecule has 0 fully saturated rings. The summed E-state index contributed by atoms with van der Waals surface area (Å²) in [6, 6.07) is 5.35. The van der Waals surface area contributed by atoms with Crippen molar-refractivity contribution in [3.05, 3.63) is 23.8 Å². The van der Waals surface area contributed by atoms with Gasteiger partial charge in [-0.25, -0.2) is 0 Å². The second kappa shape index (κ2) is 8.66. The van der Waals surface area contributed by atoms with Gasteiger partial charge in [-0.05, 0) is 52.2 Å². The lowest BCUT2D eigenvalue weighted by atomic mass is 10.1. The van der Waals surface area contributed by atoms with Gasteiger partial charge >= 0.3 is 0 Å². The van der Waals surface area contributed by atoms with Crippen molar-refractivity contribution in [1.29, 1.82) is 0 Å². The molecule has 4 nitrogen and oxygen atoms in total. The van der Waals surface area contributed by atoms with Crippen molar-refractivity contribution in [2.24, 2.45) is 5.92 Å². The summed E-state index contributed by atoms with van der Waals surface area (Å²) in [5.41, 5.74) is 0.567. The Morgan fingerprint density at radius 2 is 1.45 bits per heavy atom. The van der Waals surface area contributed by atoms with E-state index < -0.39 is 0 Å². The van der Waals surface area contributed by atoms with Gasteiger partial charge in [0.15, 0.2) is 0 Å². The zero-order valence-electron chi connectivity index (χ0n) is 14.6. The third-order valence-corrected chi connectivity index (χ3v) is 2.89. The van der Waals surface area contributed by atoms with Crippen LogP contribution in [0.25, 0.3) is 0 Å². The van der Waals surface area contributed by atoms with E-state index in [2.05, 4.69) is 19.2 Å². The molecule has 0 radical (unpaired) electrons. The Morgan fingerprint density at radius 3 is 1.86 bits per heavy atom. The maximum atomic E-state index is 12.3. The van der Waals surface area contributed by atoms with Crippen LogP contribution in [0.15, 0.2) is 18.2 Å². The Morgan fingerprint density at radius 1 is 0.955 bits per heavy atom. The second-order valence-corrected chi connectivity index (χ2v) is 6.46. The number of amides is 1. The minimum Gasteiger partial charge on any atom is -0.491 e. The molecule has 1 aromatic carbocycles. The SMILES string of the molecule is CC(C)CCNC(=O)c1cc(OC(C)C)cc(OC(C)C)c1. The van der Waals surface area contributed by atoms with Gasteiger partial charge in [0.05, 0.1) is 12.2 Å². The van der Waals surface area contributed by atoms with Crippen molar-refractivity contribution < 1.29 is 14.3 Å². The number of nitrogens with one attached hydrogen (secondary N) is 1. The molecule has 4 heteroatoms. The maximum absolute atomic E-state index is 12.3. The molecular weight excluding hydrogens is 278 g/mol. The maximum Gasteiger partial charge on any atom is 0.251 e. The van der Waals surface area contributed by atoms with Gasteiger partial charge in [0.1, 0.15) is 11.5 Å². The summed E-state index contributed by atoms with van der Waals surface area (Å²) in [6.45, 7) is 12.8. The Labute approximate surface area is 134 Å². The standard InChI is InChI=1S/C18H29NO3/c1-12(2)7-8-19-18(20)15-9-16(21-13(3)4)11-17(10-15)22-14(5)6/h9-14H,7-8H2,1-6H3,(H,19,20). The van der Waals surface area contributed by atoms with Crippen LogP contribution in [0.3, 0.4) is 0 Å². The van der Waals surface area contributed by atoms with Crippen LogP contribution in [0.1, 0.15) is 58.3 Å². The molecule has 1 rings (SSSR count). The van der Waals surface area contributed by atoms with E-state index in [1.54, 1.807) is 12.1 Å². The molecule has 0 aromatic heterocycles. The van der Waals surface area contributed by atoms with Crippen LogP contribution < -0.4 is 14.8 Å². The summed E-state index contributed by atoms with van der Waals surface area (Å²) in [7, 11) is 0. The zero-order chi connectivity index (χ0) is 16.7. The normalized spacial score (nSPS) is 11.1. The van der Waals surface area contributed by atoms with Crippen LogP contribution in [0.5, 0.6) is 11.5 Å². The molecule has 0 aliphatic heterocycles. The largest absolute Gasteiger partial charge is 0.491 e. The smallest absolute Gasteiger partial charge is 0.251 e. The number of rotatable bonds is 8. The first kappa shape index (κ1) is 18.3. The molecule has 22 heavy (non-hydrogen) atoms. The highest BCUT2D eigenvalue weighted by Crippen LogP contribution is 2.25. The van der Waals surface area contributed by atoms with Crippen LogP contribution >= 0.6 is 0 Å². The lowest BCUT2D eigenvalue weighted by molar-refractivity contribution is 0.0950. The fourth-order valence-electron chi connectivity index (χ4n) is 1.96. The predicted octanol–water partition coefficient (Wildman–Crippen LogP) is 4.04. The van der Waals surface area contributed by atoms with Crippen LogP contribution in [-0.2, 0) is 0 Å². The molecule has 0 atom stereocenters. The Bertz CT molecular complexity index is 453. The van der Waals surface area contributed by atoms with Crippen LogP contribution in [0.2, 0.25) is 0 Å². The number of ether oxygens (including phenoxy) is 2. The zero-order valence-corrected chi connectivity index (χ0v) is 14.6. The molecule has 0 aliphatic rings. The molecule has 0 unspecified atom stereocenters. The summed E-state index contributed by atoms with van der Waals surface area (Å²) in [6.07, 6.45) is 1.06. The summed E-state index contributed by atoms with van der Waals surface area (Å²) >= 11 is 0. The summed E-state index contributed by atoms with van der Waals surface area (Å²) in [5.74, 6) is 1.78. The molecule has 0 spiro atoms. The Balaban J connectivity index is 2.88. The number of carbonyl (C=O) groups excluding carboxylic acids is 1. The van der Waals surface area contributed by atoms with E-state index in [1.165, 1.54) is 0 Å². The summed E-state index contributed by atoms with van der Waals surface area (Å²) in [5, 5.41) is 2.94. The first-order valence-electron chi connectivity index (χ1n) is 8.04. The average molecular weight is 307 g/mol. The minimum absolute atomic E-state index is 0.0474. The minimum atomic E-state index is -0.0940. The predicted molar refractivity (Wildman–Crippen MR) is 89.8 cm³/mol. The number of carbonyl (C=O) groups is 1. The van der Waals surface area contributed by atoms with Crippen molar-refractivity contribution in [3.8, 4) is 11.5 Å². The topological polar surface area (TPSA) is 47.6 Å². The van der Waals surface area contributed by atoms with Gasteiger partial charge in [-0.1, -0.05) is 13.8 Å². The van der Waals surface area contributed by atoms with Crippen molar-refractivity contribution >= 4 is 5.91 Å². The lowest BCUT2D eigenvalue weighted by Gasteiger charge is -2.16. The Hall–Kier alpha value is -1.71. The van der Waals surface area contributed by atoms with Crippen LogP contribution in [-0.4, -0.2) is 24.7 Å². The van der Waals surface area contributed by atoms with E-state index in [0.29, 0.717) is 29.5 Å². The molecule has 124 valence electrons. The highest BCUT2D eigenvalue weighted by molar-refractivity contribution is 5.95. The fraction of sp³-hybridized carbons (Fsp3) is 0.611. The first-order chi connectivity index (χ1) is 10.3. The Kier molecular flexibility index (Phi) is 7.22. The molecule has 0 saturated carbocycles. The van der Waals surface area contributed by atoms with Gasteiger partial charge in [-0.2, -0.15) is 0 Å². The van der Waals surface area contributed by atoms with Crippen LogP contribution in [0, 0.1) is 5.92 Å². The third kappa shape index (κ3) is 6.83. The first-order valence-corrected chi connectivity index (χ1v) is 8.04. The molecule has 1 N–H and O–H groups in total. The quantitative estimate of drug-likeness (QED) is 0.788. The van der Waals surface area contributed by atoms with Crippen molar-refractivity contribution in [2.75, 3.05) is 6.54 Å². The van der Waals surface area contributed by atoms with Crippen molar-refractivity contribution in [3.63, 3.8) is 0 Å². The van der Waals surface area contributed by atoms with E-state index in [4.69, 9.17) is 9.47 Å². The van der Waals surface area contributed by atoms with Gasteiger partial charge in [-0.15, -0.1) is 0 Å². The lowest BCUT2D eigenvalue weighted by Crippen LogP contribution is -2.25. The molecule has 0 saturated heterocycles. The van der Waals surface area contributed by atoms with E-state index >= 15 is 0 Å². The van der Waals surface area contributed by atoms with E-state index in [-0.39, 0.29) is 18.1 Å². The van der Waals surface area contributed by atoms with Gasteiger partial charge in [0.2, 0.25) is 0 Å². The average Bonchev–Trinajstić information content (AvgIpc) is 2.36. The second-order valence-electron chi connectivity index (χ2n) is 6.46. The summed E-state index contributed by atoms with van der Waals surface area (Å²) < 4.78 is 11.4. The van der Waals surface area contributed by atoms with Crippen molar-refractivity contribution in [1.82, 2.24) is 5.32 Å². The molecule has 1 aromatic rings. The molecule has 1 amide bonds. The van der Waals surface area contributed by atoms with E-state index in [0.717, 1.165) is 6.42 Å². The van der Waals surface area contributed by atoms with Gasteiger partial charge in [0.25, 0.3) is 5.91 Å². The fourth-order valence-corrected chi connectivity index (χ4v) is 1.96. The van der Waals surface area contributed by atoms with E-state index in [1.807, 2.05) is 33.8 Å². The molecule has 0 aliphatic carbocycles. The van der Waals surface area contributed by atoms with Gasteiger partial charge in [-0.3, -0.25) is 4.79 Å². The summed E-state index contributed by atoms with van der Waals surface area (Å²) in [4.78, 5) is 12.3. The van der Waals surface area contributed by atoms with E-state index in [9.17, 15) is 4.79 Å². The molecule has 0 bridgehead atoms. The van der Waals surface area contributed by atoms with Crippen molar-refractivity contribution in [2.45, 2.75) is 60.2 Å². The molecule has 0 heterocycles. The number of benzene rings is 1. The van der Waals surface area contributed by atoms with Gasteiger partial charge < -0.3 is 14.8 Å². The highest BCUT2D eigenvalue weighted by atomic mass is 16.5. The highest BCUT2D eigenvalue weighted by Gasteiger charge is 2.12. The number of hydrogen-bond acceptors (Lipinski definition) is 3.